The third kappa shape index (κ3) is 3.82. The lowest BCUT2D eigenvalue weighted by Crippen LogP contribution is -2.07. The van der Waals surface area contributed by atoms with Gasteiger partial charge in [0.1, 0.15) is 0 Å². The van der Waals surface area contributed by atoms with Crippen LogP contribution in [0.2, 0.25) is 0 Å². The highest BCUT2D eigenvalue weighted by atomic mass is 16.1. The molecular weight excluding hydrogens is 268 g/mol. The third-order valence-corrected chi connectivity index (χ3v) is 3.95. The third-order valence-electron chi connectivity index (χ3n) is 3.95. The molecule has 1 aliphatic carbocycles. The van der Waals surface area contributed by atoms with Crippen LogP contribution in [0.5, 0.6) is 0 Å². The first-order chi connectivity index (χ1) is 10.5. The molecule has 0 atom stereocenters. The van der Waals surface area contributed by atoms with E-state index in [-0.39, 0.29) is 7.21 Å². The van der Waals surface area contributed by atoms with Gasteiger partial charge in [-0.15, -0.1) is 0 Å². The van der Waals surface area contributed by atoms with Gasteiger partial charge in [0, 0.05) is 7.85 Å². The Morgan fingerprint density at radius 1 is 1.05 bits per heavy atom. The molecule has 1 nitrogen and oxygen atoms in total. The molecule has 2 aromatic carbocycles. The summed E-state index contributed by atoms with van der Waals surface area (Å²) in [5.74, 6) is 0.214. The van der Waals surface area contributed by atoms with E-state index in [1.807, 2.05) is 31.2 Å². The number of hydrogen-bond donors (Lipinski definition) is 0. The lowest BCUT2D eigenvalue weighted by atomic mass is 9.91. The SMILES string of the molecule is C=Cc1ccc(C)c(C)c1.CC1=CC(=O)Cc2ccccc21.[HH]. The number of carbonyl (C=O) groups is 1. The second-order valence-corrected chi connectivity index (χ2v) is 5.68. The Kier molecular flexibility index (Phi) is 5.11. The van der Waals surface area contributed by atoms with Crippen LogP contribution < -0.4 is 0 Å². The maximum absolute atomic E-state index is 11.2. The smallest absolute Gasteiger partial charge is 0.160 e. The van der Waals surface area contributed by atoms with Crippen LogP contribution in [-0.2, 0) is 11.2 Å². The van der Waals surface area contributed by atoms with Crippen LogP contribution in [0.3, 0.4) is 0 Å². The quantitative estimate of drug-likeness (QED) is 0.687. The second kappa shape index (κ2) is 7.04. The molecule has 3 rings (SSSR count). The predicted molar refractivity (Wildman–Crippen MR) is 96.9 cm³/mol. The standard InChI is InChI=1S/C11H10O.C10H12.H2/c1-8-6-10(12)7-9-4-2-3-5-11(8)9;1-4-10-6-5-8(2)9(3)7-10;/h2-6H,7H2,1H3;4-7H,1H2,2-3H3;1H. The monoisotopic (exact) mass is 292 g/mol. The molecule has 1 heteroatoms. The largest absolute Gasteiger partial charge is 0.294 e. The Hall–Kier alpha value is -2.41. The molecule has 1 aliphatic rings. The van der Waals surface area contributed by atoms with Gasteiger partial charge in [-0.05, 0) is 60.2 Å². The van der Waals surface area contributed by atoms with E-state index in [0.29, 0.717) is 6.42 Å². The molecule has 0 bridgehead atoms. The minimum atomic E-state index is 0. The Morgan fingerprint density at radius 2 is 1.77 bits per heavy atom. The van der Waals surface area contributed by atoms with Gasteiger partial charge >= 0.3 is 0 Å². The average molecular weight is 292 g/mol. The molecule has 22 heavy (non-hydrogen) atoms. The van der Waals surface area contributed by atoms with Crippen molar-refractivity contribution in [2.75, 3.05) is 0 Å². The first-order valence-corrected chi connectivity index (χ1v) is 7.50. The van der Waals surface area contributed by atoms with Gasteiger partial charge in [-0.25, -0.2) is 0 Å². The van der Waals surface area contributed by atoms with E-state index in [1.165, 1.54) is 22.3 Å². The minimum absolute atomic E-state index is 0. The zero-order chi connectivity index (χ0) is 16.1. The second-order valence-electron chi connectivity index (χ2n) is 5.68. The van der Waals surface area contributed by atoms with Crippen LogP contribution in [0, 0.1) is 13.8 Å². The number of fused-ring (bicyclic) bond motifs is 1. The van der Waals surface area contributed by atoms with Crippen LogP contribution >= 0.6 is 0 Å². The van der Waals surface area contributed by atoms with E-state index < -0.39 is 0 Å². The van der Waals surface area contributed by atoms with Gasteiger partial charge in [-0.2, -0.15) is 0 Å². The summed E-state index contributed by atoms with van der Waals surface area (Å²) in [7, 11) is 0. The van der Waals surface area contributed by atoms with Crippen LogP contribution in [0.1, 0.15) is 36.2 Å². The fourth-order valence-electron chi connectivity index (χ4n) is 2.51. The molecule has 0 fully saturated rings. The van der Waals surface area contributed by atoms with E-state index in [2.05, 4.69) is 44.7 Å². The van der Waals surface area contributed by atoms with Gasteiger partial charge in [-0.3, -0.25) is 4.79 Å². The molecule has 0 saturated carbocycles. The van der Waals surface area contributed by atoms with Crippen LogP contribution in [-0.4, -0.2) is 5.78 Å². The van der Waals surface area contributed by atoms with Gasteiger partial charge in [-0.1, -0.05) is 55.1 Å². The number of aryl methyl sites for hydroxylation is 2. The summed E-state index contributed by atoms with van der Waals surface area (Å²) in [6.45, 7) is 9.91. The molecule has 0 aromatic heterocycles. The lowest BCUT2D eigenvalue weighted by Gasteiger charge is -2.12. The van der Waals surface area contributed by atoms with Crippen LogP contribution in [0.25, 0.3) is 11.6 Å². The molecule has 0 spiro atoms. The molecule has 0 aliphatic heterocycles. The minimum Gasteiger partial charge on any atom is -0.294 e. The van der Waals surface area contributed by atoms with E-state index in [9.17, 15) is 4.79 Å². The van der Waals surface area contributed by atoms with Crippen molar-refractivity contribution in [2.45, 2.75) is 27.2 Å². The highest BCUT2D eigenvalue weighted by Crippen LogP contribution is 2.23. The Bertz CT molecular complexity index is 741. The lowest BCUT2D eigenvalue weighted by molar-refractivity contribution is -0.114. The molecule has 0 saturated heterocycles. The number of ketones is 1. The molecule has 0 amide bonds. The van der Waals surface area contributed by atoms with E-state index >= 15 is 0 Å². The maximum Gasteiger partial charge on any atom is 0.160 e. The van der Waals surface area contributed by atoms with E-state index in [4.69, 9.17) is 0 Å². The number of allylic oxidation sites excluding steroid dienone is 2. The molecular formula is C21H24O. The van der Waals surface area contributed by atoms with Gasteiger partial charge in [0.2, 0.25) is 0 Å². The Labute approximate surface area is 134 Å². The van der Waals surface area contributed by atoms with Crippen molar-refractivity contribution >= 4 is 17.4 Å². The summed E-state index contributed by atoms with van der Waals surface area (Å²) in [6, 6.07) is 14.4. The van der Waals surface area contributed by atoms with Crippen molar-refractivity contribution in [2.24, 2.45) is 0 Å². The topological polar surface area (TPSA) is 17.1 Å². The normalized spacial score (nSPS) is 12.7. The van der Waals surface area contributed by atoms with E-state index in [0.717, 1.165) is 11.1 Å². The van der Waals surface area contributed by atoms with E-state index in [1.54, 1.807) is 6.08 Å². The van der Waals surface area contributed by atoms with Gasteiger partial charge in [0.25, 0.3) is 0 Å². The van der Waals surface area contributed by atoms with Gasteiger partial charge in [0.05, 0.1) is 0 Å². The van der Waals surface area contributed by atoms with Crippen molar-refractivity contribution in [1.82, 2.24) is 0 Å². The number of rotatable bonds is 1. The maximum atomic E-state index is 11.2. The molecule has 0 heterocycles. The first-order valence-electron chi connectivity index (χ1n) is 7.50. The summed E-state index contributed by atoms with van der Waals surface area (Å²) in [6.07, 6.45) is 4.16. The summed E-state index contributed by atoms with van der Waals surface area (Å²) in [5.41, 5.74) is 7.33. The van der Waals surface area contributed by atoms with Crippen molar-refractivity contribution in [3.05, 3.63) is 82.9 Å². The number of hydrogen-bond acceptors (Lipinski definition) is 1. The van der Waals surface area contributed by atoms with Gasteiger partial charge < -0.3 is 0 Å². The zero-order valence-electron chi connectivity index (χ0n) is 13.5. The predicted octanol–water partition coefficient (Wildman–Crippen LogP) is 5.41. The fraction of sp³-hybridized carbons (Fsp3) is 0.190. The molecule has 2 aromatic rings. The Balaban J connectivity index is 0.000000224. The highest BCUT2D eigenvalue weighted by molar-refractivity contribution is 6.01. The van der Waals surface area contributed by atoms with Crippen molar-refractivity contribution in [1.29, 1.82) is 0 Å². The van der Waals surface area contributed by atoms with Crippen molar-refractivity contribution < 1.29 is 6.22 Å². The zero-order valence-corrected chi connectivity index (χ0v) is 13.5. The molecule has 0 N–H and O–H groups in total. The highest BCUT2D eigenvalue weighted by Gasteiger charge is 2.12. The molecule has 0 unspecified atom stereocenters. The van der Waals surface area contributed by atoms with Crippen LogP contribution in [0.15, 0.2) is 55.1 Å². The molecule has 0 radical (unpaired) electrons. The fourth-order valence-corrected chi connectivity index (χ4v) is 2.51. The average Bonchev–Trinajstić information content (AvgIpc) is 2.50. The van der Waals surface area contributed by atoms with Crippen LogP contribution in [0.4, 0.5) is 0 Å². The first kappa shape index (κ1) is 16.0. The van der Waals surface area contributed by atoms with Crippen molar-refractivity contribution in [3.8, 4) is 0 Å². The number of carbonyl (C=O) groups excluding carboxylic acids is 1. The summed E-state index contributed by atoms with van der Waals surface area (Å²) >= 11 is 0. The number of benzene rings is 2. The summed E-state index contributed by atoms with van der Waals surface area (Å²) in [4.78, 5) is 11.2. The summed E-state index contributed by atoms with van der Waals surface area (Å²) in [5, 5.41) is 0. The van der Waals surface area contributed by atoms with Gasteiger partial charge in [0.15, 0.2) is 5.78 Å². The summed E-state index contributed by atoms with van der Waals surface area (Å²) < 4.78 is 0. The Morgan fingerprint density at radius 3 is 2.45 bits per heavy atom. The molecule has 114 valence electrons. The van der Waals surface area contributed by atoms with Crippen molar-refractivity contribution in [3.63, 3.8) is 0 Å².